The van der Waals surface area contributed by atoms with Crippen molar-refractivity contribution in [2.45, 2.75) is 11.8 Å². The molecule has 0 radical (unpaired) electrons. The fraction of sp³-hybridized carbons (Fsp3) is 0.125. The van der Waals surface area contributed by atoms with Gasteiger partial charge in [0.25, 0.3) is 0 Å². The van der Waals surface area contributed by atoms with E-state index in [1.54, 1.807) is 36.4 Å². The van der Waals surface area contributed by atoms with E-state index in [9.17, 15) is 12.8 Å². The molecule has 0 atom stereocenters. The molecule has 0 saturated heterocycles. The van der Waals surface area contributed by atoms with E-state index in [2.05, 4.69) is 11.9 Å². The van der Waals surface area contributed by atoms with Crippen molar-refractivity contribution in [1.82, 2.24) is 4.98 Å². The largest absolute Gasteiger partial charge is 0.357 e. The normalized spacial score (nSPS) is 12.0. The number of sulfone groups is 1. The lowest BCUT2D eigenvalue weighted by Crippen LogP contribution is -2.01. The van der Waals surface area contributed by atoms with Gasteiger partial charge in [0.2, 0.25) is 0 Å². The molecule has 3 rings (SSSR count). The van der Waals surface area contributed by atoms with Crippen LogP contribution in [-0.4, -0.2) is 26.2 Å². The summed E-state index contributed by atoms with van der Waals surface area (Å²) >= 11 is 1.45. The Kier molecular flexibility index (Phi) is 7.20. The van der Waals surface area contributed by atoms with E-state index in [0.717, 1.165) is 21.6 Å². The number of nitrogens with zero attached hydrogens (tertiary/aromatic N) is 1. The van der Waals surface area contributed by atoms with Crippen LogP contribution in [0.1, 0.15) is 6.92 Å². The Morgan fingerprint density at radius 1 is 1.10 bits per heavy atom. The summed E-state index contributed by atoms with van der Waals surface area (Å²) in [5.41, 5.74) is 3.22. The lowest BCUT2D eigenvalue weighted by atomic mass is 10.1. The highest BCUT2D eigenvalue weighted by Crippen LogP contribution is 2.39. The van der Waals surface area contributed by atoms with Gasteiger partial charge in [0, 0.05) is 18.4 Å². The lowest BCUT2D eigenvalue weighted by Gasteiger charge is -2.04. The summed E-state index contributed by atoms with van der Waals surface area (Å²) in [4.78, 5) is 5.83. The third kappa shape index (κ3) is 5.99. The average Bonchev–Trinajstić information content (AvgIpc) is 3.17. The van der Waals surface area contributed by atoms with Crippen molar-refractivity contribution in [3.8, 4) is 21.7 Å². The third-order valence-electron chi connectivity index (χ3n) is 4.39. The van der Waals surface area contributed by atoms with Crippen LogP contribution in [0.5, 0.6) is 0 Å². The van der Waals surface area contributed by atoms with E-state index in [0.29, 0.717) is 17.4 Å². The van der Waals surface area contributed by atoms with Gasteiger partial charge in [-0.05, 0) is 54.5 Å². The van der Waals surface area contributed by atoms with Crippen LogP contribution in [-0.2, 0) is 9.84 Å². The molecule has 160 valence electrons. The second-order valence-electron chi connectivity index (χ2n) is 6.90. The summed E-state index contributed by atoms with van der Waals surface area (Å²) in [6.45, 7) is 6.50. The Morgan fingerprint density at radius 2 is 1.74 bits per heavy atom. The van der Waals surface area contributed by atoms with Crippen molar-refractivity contribution in [1.29, 1.82) is 0 Å². The summed E-state index contributed by atoms with van der Waals surface area (Å²) in [6, 6.07) is 12.8. The molecule has 4 nitrogen and oxygen atoms in total. The second kappa shape index (κ2) is 9.85. The van der Waals surface area contributed by atoms with Crippen LogP contribution in [0.25, 0.3) is 21.7 Å². The van der Waals surface area contributed by atoms with Crippen LogP contribution in [0.3, 0.4) is 0 Å². The minimum absolute atomic E-state index is 0.256. The van der Waals surface area contributed by atoms with Gasteiger partial charge in [-0.25, -0.2) is 17.8 Å². The molecule has 31 heavy (non-hydrogen) atoms. The molecule has 2 aromatic carbocycles. The van der Waals surface area contributed by atoms with Gasteiger partial charge in [0.05, 0.1) is 15.5 Å². The van der Waals surface area contributed by atoms with E-state index in [1.807, 2.05) is 31.2 Å². The smallest absolute Gasteiger partial charge is 0.184 e. The van der Waals surface area contributed by atoms with Gasteiger partial charge in [-0.2, -0.15) is 0 Å². The quantitative estimate of drug-likeness (QED) is 0.417. The highest BCUT2D eigenvalue weighted by molar-refractivity contribution is 7.90. The molecule has 7 heteroatoms. The van der Waals surface area contributed by atoms with E-state index >= 15 is 0 Å². The molecule has 0 fully saturated rings. The van der Waals surface area contributed by atoms with Gasteiger partial charge >= 0.3 is 0 Å². The zero-order valence-corrected chi connectivity index (χ0v) is 18.9. The number of rotatable bonds is 8. The summed E-state index contributed by atoms with van der Waals surface area (Å²) in [5.74, 6) is -0.319. The number of hydrogen-bond donors (Lipinski definition) is 1. The van der Waals surface area contributed by atoms with Crippen LogP contribution >= 0.6 is 11.3 Å². The summed E-state index contributed by atoms with van der Waals surface area (Å²) in [6.07, 6.45) is 8.89. The number of aromatic nitrogens is 1. The zero-order valence-electron chi connectivity index (χ0n) is 17.3. The SMILES string of the molecule is C=C(/C=C\C=C/C)CNc1nc(-c2ccc(F)cc2)c(-c2ccc(S(C)(=O)=O)cc2)s1. The van der Waals surface area contributed by atoms with E-state index in [-0.39, 0.29) is 10.7 Å². The topological polar surface area (TPSA) is 59.1 Å². The lowest BCUT2D eigenvalue weighted by molar-refractivity contribution is 0.602. The first-order chi connectivity index (χ1) is 14.8. The molecule has 1 heterocycles. The zero-order chi connectivity index (χ0) is 22.4. The molecule has 0 bridgehead atoms. The Hall–Kier alpha value is -3.03. The van der Waals surface area contributed by atoms with Crippen molar-refractivity contribution in [2.75, 3.05) is 18.1 Å². The van der Waals surface area contributed by atoms with Crippen LogP contribution < -0.4 is 5.32 Å². The maximum Gasteiger partial charge on any atom is 0.184 e. The first-order valence-corrected chi connectivity index (χ1v) is 12.3. The molecular formula is C24H23FN2O2S2. The number of hydrogen-bond acceptors (Lipinski definition) is 5. The predicted molar refractivity (Wildman–Crippen MR) is 128 cm³/mol. The predicted octanol–water partition coefficient (Wildman–Crippen LogP) is 6.12. The average molecular weight is 455 g/mol. The number of thiazole rings is 1. The Bertz CT molecular complexity index is 1220. The monoisotopic (exact) mass is 454 g/mol. The molecule has 0 aliphatic carbocycles. The van der Waals surface area contributed by atoms with Gasteiger partial charge in [-0.15, -0.1) is 0 Å². The van der Waals surface area contributed by atoms with Gasteiger partial charge in [-0.3, -0.25) is 0 Å². The van der Waals surface area contributed by atoms with E-state index in [4.69, 9.17) is 4.98 Å². The maximum absolute atomic E-state index is 13.4. The third-order valence-corrected chi connectivity index (χ3v) is 6.58. The Morgan fingerprint density at radius 3 is 2.35 bits per heavy atom. The van der Waals surface area contributed by atoms with Crippen molar-refractivity contribution in [2.24, 2.45) is 0 Å². The Labute approximate surface area is 186 Å². The minimum atomic E-state index is -3.28. The van der Waals surface area contributed by atoms with Gasteiger partial charge in [-0.1, -0.05) is 54.4 Å². The van der Waals surface area contributed by atoms with Crippen molar-refractivity contribution < 1.29 is 12.8 Å². The molecule has 0 saturated carbocycles. The minimum Gasteiger partial charge on any atom is -0.357 e. The standard InChI is InChI=1S/C24H23FN2O2S2/c1-4-5-6-7-17(2)16-26-24-27-22(18-8-12-20(25)13-9-18)23(30-24)19-10-14-21(15-11-19)31(3,28)29/h4-15H,2,16H2,1,3H3,(H,26,27)/b5-4-,7-6-. The molecule has 0 amide bonds. The number of benzene rings is 2. The summed E-state index contributed by atoms with van der Waals surface area (Å²) < 4.78 is 37.0. The first-order valence-electron chi connectivity index (χ1n) is 9.56. The first kappa shape index (κ1) is 22.7. The van der Waals surface area contributed by atoms with E-state index in [1.165, 1.54) is 29.7 Å². The highest BCUT2D eigenvalue weighted by atomic mass is 32.2. The molecule has 1 aromatic heterocycles. The van der Waals surface area contributed by atoms with Crippen LogP contribution in [0.4, 0.5) is 9.52 Å². The van der Waals surface area contributed by atoms with Crippen molar-refractivity contribution in [3.05, 3.63) is 90.8 Å². The van der Waals surface area contributed by atoms with E-state index < -0.39 is 9.84 Å². The van der Waals surface area contributed by atoms with Crippen LogP contribution in [0, 0.1) is 5.82 Å². The number of allylic oxidation sites excluding steroid dienone is 3. The summed E-state index contributed by atoms with van der Waals surface area (Å²) in [7, 11) is -3.28. The second-order valence-corrected chi connectivity index (χ2v) is 9.91. The maximum atomic E-state index is 13.4. The Balaban J connectivity index is 1.94. The molecule has 0 unspecified atom stereocenters. The molecule has 3 aromatic rings. The molecule has 0 spiro atoms. The fourth-order valence-corrected chi connectivity index (χ4v) is 4.42. The van der Waals surface area contributed by atoms with Crippen molar-refractivity contribution >= 4 is 26.3 Å². The number of halogens is 1. The molecule has 1 N–H and O–H groups in total. The molecule has 0 aliphatic heterocycles. The molecule has 0 aliphatic rings. The van der Waals surface area contributed by atoms with Crippen molar-refractivity contribution in [3.63, 3.8) is 0 Å². The van der Waals surface area contributed by atoms with Gasteiger partial charge < -0.3 is 5.32 Å². The van der Waals surface area contributed by atoms with Gasteiger partial charge in [0.15, 0.2) is 15.0 Å². The fourth-order valence-electron chi connectivity index (χ4n) is 2.80. The highest BCUT2D eigenvalue weighted by Gasteiger charge is 2.16. The number of anilines is 1. The van der Waals surface area contributed by atoms with Crippen LogP contribution in [0.15, 0.2) is 89.9 Å². The van der Waals surface area contributed by atoms with Crippen LogP contribution in [0.2, 0.25) is 0 Å². The number of nitrogens with one attached hydrogen (secondary N) is 1. The molecular weight excluding hydrogens is 431 g/mol. The van der Waals surface area contributed by atoms with Gasteiger partial charge in [0.1, 0.15) is 5.82 Å². The summed E-state index contributed by atoms with van der Waals surface area (Å²) in [5, 5.41) is 3.98.